The number of fused-ring (bicyclic) bond motifs is 2. The number of carbonyl (C=O) groups excluding carboxylic acids is 1. The third kappa shape index (κ3) is 3.80. The molecule has 3 saturated carbocycles. The SMILES string of the molecule is NC1CC2CCCC(C1)C2NC(=O)c1ccc(S(=O)(=O)NC2CC2)cc1. The van der Waals surface area contributed by atoms with Gasteiger partial charge >= 0.3 is 0 Å². The zero-order chi connectivity index (χ0) is 18.3. The second-order valence-corrected chi connectivity index (χ2v) is 9.82. The molecule has 0 radical (unpaired) electrons. The van der Waals surface area contributed by atoms with Crippen LogP contribution in [0.25, 0.3) is 0 Å². The Kier molecular flexibility index (Phi) is 4.79. The summed E-state index contributed by atoms with van der Waals surface area (Å²) in [6, 6.07) is 6.73. The lowest BCUT2D eigenvalue weighted by Gasteiger charge is -2.45. The maximum Gasteiger partial charge on any atom is 0.251 e. The van der Waals surface area contributed by atoms with E-state index in [9.17, 15) is 13.2 Å². The summed E-state index contributed by atoms with van der Waals surface area (Å²) in [5.41, 5.74) is 6.65. The Morgan fingerprint density at radius 3 is 2.19 bits per heavy atom. The first-order chi connectivity index (χ1) is 12.4. The van der Waals surface area contributed by atoms with Gasteiger partial charge in [-0.15, -0.1) is 0 Å². The van der Waals surface area contributed by atoms with E-state index in [0.29, 0.717) is 17.4 Å². The summed E-state index contributed by atoms with van der Waals surface area (Å²) < 4.78 is 27.1. The number of sulfonamides is 1. The molecule has 3 fully saturated rings. The first-order valence-electron chi connectivity index (χ1n) is 9.61. The van der Waals surface area contributed by atoms with Crippen molar-refractivity contribution in [3.8, 4) is 0 Å². The van der Waals surface area contributed by atoms with E-state index in [4.69, 9.17) is 5.73 Å². The van der Waals surface area contributed by atoms with E-state index in [-0.39, 0.29) is 28.9 Å². The summed E-state index contributed by atoms with van der Waals surface area (Å²) >= 11 is 0. The third-order valence-corrected chi connectivity index (χ3v) is 7.54. The topological polar surface area (TPSA) is 101 Å². The predicted octanol–water partition coefficient (Wildman–Crippen LogP) is 1.76. The highest BCUT2D eigenvalue weighted by atomic mass is 32.2. The number of nitrogens with two attached hydrogens (primary N) is 1. The van der Waals surface area contributed by atoms with Crippen LogP contribution in [0.15, 0.2) is 29.2 Å². The van der Waals surface area contributed by atoms with Crippen LogP contribution in [0.2, 0.25) is 0 Å². The molecular formula is C19H27N3O3S. The van der Waals surface area contributed by atoms with Gasteiger partial charge in [-0.3, -0.25) is 4.79 Å². The second kappa shape index (κ2) is 6.94. The minimum atomic E-state index is -3.48. The second-order valence-electron chi connectivity index (χ2n) is 8.10. The van der Waals surface area contributed by atoms with E-state index in [1.165, 1.54) is 18.6 Å². The van der Waals surface area contributed by atoms with Crippen molar-refractivity contribution in [1.82, 2.24) is 10.0 Å². The molecule has 3 aliphatic rings. The zero-order valence-corrected chi connectivity index (χ0v) is 15.7. The van der Waals surface area contributed by atoms with Crippen LogP contribution in [-0.2, 0) is 10.0 Å². The molecule has 6 nitrogen and oxygen atoms in total. The maximum atomic E-state index is 12.7. The Balaban J connectivity index is 1.43. The largest absolute Gasteiger partial charge is 0.349 e. The van der Waals surface area contributed by atoms with Crippen molar-refractivity contribution < 1.29 is 13.2 Å². The molecule has 0 aromatic heterocycles. The van der Waals surface area contributed by atoms with Crippen molar-refractivity contribution in [2.75, 3.05) is 0 Å². The molecular weight excluding hydrogens is 350 g/mol. The van der Waals surface area contributed by atoms with Gasteiger partial charge in [0.1, 0.15) is 0 Å². The van der Waals surface area contributed by atoms with E-state index in [0.717, 1.165) is 38.5 Å². The first-order valence-corrected chi connectivity index (χ1v) is 11.1. The van der Waals surface area contributed by atoms with Crippen LogP contribution in [0.3, 0.4) is 0 Å². The van der Waals surface area contributed by atoms with Crippen molar-refractivity contribution in [3.63, 3.8) is 0 Å². The number of rotatable bonds is 5. The van der Waals surface area contributed by atoms with Gasteiger partial charge < -0.3 is 11.1 Å². The lowest BCUT2D eigenvalue weighted by Crippen LogP contribution is -2.53. The molecule has 26 heavy (non-hydrogen) atoms. The van der Waals surface area contributed by atoms with Crippen LogP contribution in [-0.4, -0.2) is 32.5 Å². The summed E-state index contributed by atoms with van der Waals surface area (Å²) in [6.45, 7) is 0. The Bertz CT molecular complexity index is 760. The summed E-state index contributed by atoms with van der Waals surface area (Å²) in [6.07, 6.45) is 7.21. The van der Waals surface area contributed by atoms with Crippen LogP contribution in [0.4, 0.5) is 0 Å². The molecule has 3 aliphatic carbocycles. The predicted molar refractivity (Wildman–Crippen MR) is 99.1 cm³/mol. The van der Waals surface area contributed by atoms with Crippen LogP contribution < -0.4 is 15.8 Å². The first kappa shape index (κ1) is 17.9. The lowest BCUT2D eigenvalue weighted by atomic mass is 9.67. The average Bonchev–Trinajstić information content (AvgIpc) is 3.39. The lowest BCUT2D eigenvalue weighted by molar-refractivity contribution is 0.0756. The van der Waals surface area contributed by atoms with E-state index in [2.05, 4.69) is 10.0 Å². The Morgan fingerprint density at radius 1 is 1.00 bits per heavy atom. The normalized spacial score (nSPS) is 31.4. The van der Waals surface area contributed by atoms with Gasteiger partial charge in [0.25, 0.3) is 5.91 Å². The van der Waals surface area contributed by atoms with Gasteiger partial charge in [0.15, 0.2) is 0 Å². The summed E-state index contributed by atoms with van der Waals surface area (Å²) in [7, 11) is -3.48. The van der Waals surface area contributed by atoms with Crippen LogP contribution in [0, 0.1) is 11.8 Å². The molecule has 1 amide bonds. The van der Waals surface area contributed by atoms with Crippen molar-refractivity contribution in [3.05, 3.63) is 29.8 Å². The van der Waals surface area contributed by atoms with Gasteiger partial charge in [-0.2, -0.15) is 0 Å². The molecule has 2 atom stereocenters. The van der Waals surface area contributed by atoms with Gasteiger partial charge in [0.2, 0.25) is 10.0 Å². The molecule has 0 saturated heterocycles. The quantitative estimate of drug-likeness (QED) is 0.728. The van der Waals surface area contributed by atoms with Crippen LogP contribution in [0.5, 0.6) is 0 Å². The molecule has 1 aromatic carbocycles. The summed E-state index contributed by atoms with van der Waals surface area (Å²) in [5, 5.41) is 3.20. The number of carbonyl (C=O) groups is 1. The highest BCUT2D eigenvalue weighted by Gasteiger charge is 2.40. The monoisotopic (exact) mass is 377 g/mol. The summed E-state index contributed by atoms with van der Waals surface area (Å²) in [4.78, 5) is 12.9. The fourth-order valence-electron chi connectivity index (χ4n) is 4.53. The summed E-state index contributed by atoms with van der Waals surface area (Å²) in [5.74, 6) is 0.800. The fraction of sp³-hybridized carbons (Fsp3) is 0.632. The van der Waals surface area contributed by atoms with E-state index >= 15 is 0 Å². The minimum Gasteiger partial charge on any atom is -0.349 e. The van der Waals surface area contributed by atoms with Crippen LogP contribution >= 0.6 is 0 Å². The Morgan fingerprint density at radius 2 is 1.62 bits per heavy atom. The van der Waals surface area contributed by atoms with Gasteiger partial charge in [-0.1, -0.05) is 6.42 Å². The number of amides is 1. The molecule has 0 spiro atoms. The molecule has 7 heteroatoms. The smallest absolute Gasteiger partial charge is 0.251 e. The van der Waals surface area contributed by atoms with Crippen molar-refractivity contribution in [2.24, 2.45) is 17.6 Å². The number of hydrogen-bond donors (Lipinski definition) is 3. The van der Waals surface area contributed by atoms with Gasteiger partial charge in [-0.25, -0.2) is 13.1 Å². The van der Waals surface area contributed by atoms with Crippen LogP contribution in [0.1, 0.15) is 55.3 Å². The molecule has 2 unspecified atom stereocenters. The number of benzene rings is 1. The van der Waals surface area contributed by atoms with E-state index in [1.807, 2.05) is 0 Å². The standard InChI is InChI=1S/C19H27N3O3S/c20-15-10-13-2-1-3-14(11-15)18(13)21-19(23)12-4-8-17(9-5-12)26(24,25)22-16-6-7-16/h4-5,8-9,13-16,18,22H,1-3,6-7,10-11,20H2,(H,21,23). The van der Waals surface area contributed by atoms with Gasteiger partial charge in [0.05, 0.1) is 4.90 Å². The number of hydrogen-bond acceptors (Lipinski definition) is 4. The Hall–Kier alpha value is -1.44. The highest BCUT2D eigenvalue weighted by Crippen LogP contribution is 2.39. The molecule has 0 heterocycles. The minimum absolute atomic E-state index is 0.0695. The maximum absolute atomic E-state index is 12.7. The Labute approximate surface area is 155 Å². The average molecular weight is 378 g/mol. The van der Waals surface area contributed by atoms with E-state index in [1.54, 1.807) is 12.1 Å². The van der Waals surface area contributed by atoms with Crippen molar-refractivity contribution in [1.29, 1.82) is 0 Å². The molecule has 1 aromatic rings. The molecule has 0 aliphatic heterocycles. The highest BCUT2D eigenvalue weighted by molar-refractivity contribution is 7.89. The molecule has 4 N–H and O–H groups in total. The molecule has 4 rings (SSSR count). The van der Waals surface area contributed by atoms with Crippen molar-refractivity contribution in [2.45, 2.75) is 68.0 Å². The van der Waals surface area contributed by atoms with E-state index < -0.39 is 10.0 Å². The number of nitrogens with one attached hydrogen (secondary N) is 2. The third-order valence-electron chi connectivity index (χ3n) is 6.00. The molecule has 142 valence electrons. The van der Waals surface area contributed by atoms with Gasteiger partial charge in [-0.05, 0) is 74.6 Å². The zero-order valence-electron chi connectivity index (χ0n) is 14.9. The molecule has 2 bridgehead atoms. The van der Waals surface area contributed by atoms with Crippen molar-refractivity contribution >= 4 is 15.9 Å². The van der Waals surface area contributed by atoms with Gasteiger partial charge in [0, 0.05) is 23.7 Å². The fourth-order valence-corrected chi connectivity index (χ4v) is 5.84.